The van der Waals surface area contributed by atoms with Crippen LogP contribution in [0.25, 0.3) is 0 Å². The molecule has 130 valence electrons. The summed E-state index contributed by atoms with van der Waals surface area (Å²) in [6.45, 7) is 0. The Labute approximate surface area is 139 Å². The van der Waals surface area contributed by atoms with E-state index in [1.54, 1.807) is 0 Å². The number of carbonyl (C=O) groups is 3. The Bertz CT molecular complexity index is 480. The highest BCUT2D eigenvalue weighted by atomic mass is 32.2. The molecular weight excluding hydrogens is 320 g/mol. The minimum Gasteiger partial charge on any atom is -0.481 e. The van der Waals surface area contributed by atoms with Gasteiger partial charge >= 0.3 is 11.9 Å². The average Bonchev–Trinajstić information content (AvgIpc) is 3.36. The average molecular weight is 344 g/mol. The van der Waals surface area contributed by atoms with Gasteiger partial charge in [0.05, 0.1) is 19.6 Å². The fourth-order valence-electron chi connectivity index (χ4n) is 2.76. The van der Waals surface area contributed by atoms with Gasteiger partial charge in [0.15, 0.2) is 11.3 Å². The van der Waals surface area contributed by atoms with Gasteiger partial charge in [-0.2, -0.15) is 11.8 Å². The van der Waals surface area contributed by atoms with Crippen LogP contribution in [0.1, 0.15) is 32.1 Å². The first-order valence-corrected chi connectivity index (χ1v) is 8.85. The Kier molecular flexibility index (Phi) is 5.70. The smallest absolute Gasteiger partial charge is 0.334 e. The van der Waals surface area contributed by atoms with Gasteiger partial charge in [0, 0.05) is 11.0 Å². The third-order valence-corrected chi connectivity index (χ3v) is 6.17. The fourth-order valence-corrected chi connectivity index (χ4v) is 4.56. The molecule has 0 radical (unpaired) electrons. The molecule has 0 aromatic rings. The molecule has 2 fully saturated rings. The number of aliphatic carboxylic acids is 1. The van der Waals surface area contributed by atoms with Crippen molar-refractivity contribution in [3.63, 3.8) is 0 Å². The van der Waals surface area contributed by atoms with Crippen molar-refractivity contribution in [1.29, 1.82) is 0 Å². The van der Waals surface area contributed by atoms with Crippen LogP contribution in [-0.4, -0.2) is 52.5 Å². The van der Waals surface area contributed by atoms with E-state index in [0.29, 0.717) is 17.1 Å². The van der Waals surface area contributed by atoms with E-state index in [9.17, 15) is 14.4 Å². The summed E-state index contributed by atoms with van der Waals surface area (Å²) in [6, 6.07) is -1.32. The van der Waals surface area contributed by atoms with Gasteiger partial charge in [-0.1, -0.05) is 0 Å². The maximum absolute atomic E-state index is 12.5. The molecule has 0 aliphatic heterocycles. The number of hydrogen-bond donors (Lipinski definition) is 3. The highest BCUT2D eigenvalue weighted by molar-refractivity contribution is 8.00. The number of carbonyl (C=O) groups excluding carboxylic acids is 2. The molecule has 2 atom stereocenters. The summed E-state index contributed by atoms with van der Waals surface area (Å²) in [4.78, 5) is 35.3. The van der Waals surface area contributed by atoms with E-state index in [-0.39, 0.29) is 5.75 Å². The molecule has 0 unspecified atom stereocenters. The number of nitrogens with two attached hydrogens (primary N) is 2. The first-order valence-electron chi connectivity index (χ1n) is 7.80. The van der Waals surface area contributed by atoms with Crippen LogP contribution in [-0.2, 0) is 19.1 Å². The second-order valence-corrected chi connectivity index (χ2v) is 7.65. The Morgan fingerprint density at radius 2 is 1.78 bits per heavy atom. The molecule has 0 bridgehead atoms. The van der Waals surface area contributed by atoms with Gasteiger partial charge in [0.1, 0.15) is 0 Å². The van der Waals surface area contributed by atoms with Gasteiger partial charge in [-0.25, -0.2) is 4.79 Å². The number of thioether (sulfide) groups is 1. The van der Waals surface area contributed by atoms with Crippen molar-refractivity contribution < 1.29 is 24.2 Å². The standard InChI is InChI=1S/C15H24N2O5S/c1-22-14(21)15(17,13(20)10(16)6-11(18)19)7-23-12(8-2-3-8)9-4-5-9/h8-10,12H,2-7,16-17H2,1H3,(H,18,19)/t10-,15+/m0/s1. The second kappa shape index (κ2) is 7.19. The van der Waals surface area contributed by atoms with Crippen LogP contribution in [0.5, 0.6) is 0 Å². The highest BCUT2D eigenvalue weighted by Crippen LogP contribution is 2.50. The Balaban J connectivity index is 2.06. The van der Waals surface area contributed by atoms with E-state index in [0.717, 1.165) is 7.11 Å². The van der Waals surface area contributed by atoms with Crippen molar-refractivity contribution in [1.82, 2.24) is 0 Å². The summed E-state index contributed by atoms with van der Waals surface area (Å²) in [5, 5.41) is 9.19. The van der Waals surface area contributed by atoms with E-state index in [1.165, 1.54) is 37.4 Å². The van der Waals surface area contributed by atoms with E-state index in [4.69, 9.17) is 16.6 Å². The minimum absolute atomic E-state index is 0.0729. The monoisotopic (exact) mass is 344 g/mol. The van der Waals surface area contributed by atoms with Crippen molar-refractivity contribution >= 4 is 29.5 Å². The zero-order chi connectivity index (χ0) is 17.2. The van der Waals surface area contributed by atoms with Crippen molar-refractivity contribution in [2.45, 2.75) is 48.9 Å². The zero-order valence-corrected chi connectivity index (χ0v) is 14.0. The predicted octanol–water partition coefficient (Wildman–Crippen LogP) is 0.150. The van der Waals surface area contributed by atoms with Crippen LogP contribution in [0.3, 0.4) is 0 Å². The van der Waals surface area contributed by atoms with Gasteiger partial charge in [-0.3, -0.25) is 9.59 Å². The SMILES string of the molecule is COC(=O)[C@@](N)(CSC(C1CC1)C1CC1)C(=O)[C@@H](N)CC(=O)O. The largest absolute Gasteiger partial charge is 0.481 e. The number of rotatable bonds is 10. The second-order valence-electron chi connectivity index (χ2n) is 6.48. The molecule has 23 heavy (non-hydrogen) atoms. The number of methoxy groups -OCH3 is 1. The number of esters is 1. The summed E-state index contributed by atoms with van der Waals surface area (Å²) < 4.78 is 4.68. The number of carboxylic acid groups (broad SMARTS) is 1. The molecule has 0 heterocycles. The van der Waals surface area contributed by atoms with E-state index in [2.05, 4.69) is 4.74 Å². The molecule has 5 N–H and O–H groups in total. The third-order valence-electron chi connectivity index (χ3n) is 4.40. The third kappa shape index (κ3) is 4.45. The molecule has 2 rings (SSSR count). The molecule has 0 aromatic carbocycles. The molecular formula is C15H24N2O5S. The lowest BCUT2D eigenvalue weighted by Gasteiger charge is -2.29. The van der Waals surface area contributed by atoms with Crippen LogP contribution in [0, 0.1) is 11.8 Å². The Morgan fingerprint density at radius 3 is 2.17 bits per heavy atom. The first kappa shape index (κ1) is 18.2. The van der Waals surface area contributed by atoms with Crippen LogP contribution >= 0.6 is 11.8 Å². The normalized spacial score (nSPS) is 21.6. The number of ether oxygens (including phenoxy) is 1. The number of Topliss-reactive ketones (excluding diaryl/α,β-unsaturated/α-hetero) is 1. The van der Waals surface area contributed by atoms with Crippen molar-refractivity contribution in [2.24, 2.45) is 23.3 Å². The van der Waals surface area contributed by atoms with Gasteiger partial charge in [0.25, 0.3) is 0 Å². The maximum Gasteiger partial charge on any atom is 0.334 e. The molecule has 8 heteroatoms. The van der Waals surface area contributed by atoms with Crippen LogP contribution < -0.4 is 11.5 Å². The van der Waals surface area contributed by atoms with Gasteiger partial charge in [-0.05, 0) is 37.5 Å². The molecule has 2 saturated carbocycles. The zero-order valence-electron chi connectivity index (χ0n) is 13.2. The predicted molar refractivity (Wildman–Crippen MR) is 85.9 cm³/mol. The van der Waals surface area contributed by atoms with E-state index in [1.807, 2.05) is 0 Å². The number of carboxylic acids is 1. The van der Waals surface area contributed by atoms with Crippen LogP contribution in [0.4, 0.5) is 0 Å². The molecule has 0 spiro atoms. The maximum atomic E-state index is 12.5. The van der Waals surface area contributed by atoms with E-state index >= 15 is 0 Å². The lowest BCUT2D eigenvalue weighted by Crippen LogP contribution is -2.63. The fraction of sp³-hybridized carbons (Fsp3) is 0.800. The Morgan fingerprint density at radius 1 is 1.26 bits per heavy atom. The van der Waals surface area contributed by atoms with Crippen LogP contribution in [0.2, 0.25) is 0 Å². The number of ketones is 1. The summed E-state index contributed by atoms with van der Waals surface area (Å²) in [6.07, 6.45) is 4.15. The topological polar surface area (TPSA) is 133 Å². The molecule has 0 saturated heterocycles. The molecule has 0 aromatic heterocycles. The van der Waals surface area contributed by atoms with Crippen molar-refractivity contribution in [3.05, 3.63) is 0 Å². The summed E-state index contributed by atoms with van der Waals surface area (Å²) >= 11 is 1.53. The van der Waals surface area contributed by atoms with Crippen molar-refractivity contribution in [3.8, 4) is 0 Å². The minimum atomic E-state index is -1.89. The molecule has 0 amide bonds. The molecule has 7 nitrogen and oxygen atoms in total. The Hall–Kier alpha value is -1.12. The molecule has 2 aliphatic rings. The summed E-state index contributed by atoms with van der Waals surface area (Å²) in [7, 11) is 1.16. The first-order chi connectivity index (χ1) is 10.8. The summed E-state index contributed by atoms with van der Waals surface area (Å²) in [5.41, 5.74) is 9.77. The number of hydrogen-bond acceptors (Lipinski definition) is 7. The van der Waals surface area contributed by atoms with Gasteiger partial charge < -0.3 is 21.3 Å². The lowest BCUT2D eigenvalue weighted by atomic mass is 9.91. The van der Waals surface area contributed by atoms with E-state index < -0.39 is 35.7 Å². The van der Waals surface area contributed by atoms with Crippen LogP contribution in [0.15, 0.2) is 0 Å². The van der Waals surface area contributed by atoms with Crippen molar-refractivity contribution in [2.75, 3.05) is 12.9 Å². The lowest BCUT2D eigenvalue weighted by molar-refractivity contribution is -0.151. The quantitative estimate of drug-likeness (QED) is 0.377. The highest BCUT2D eigenvalue weighted by Gasteiger charge is 2.49. The molecule has 2 aliphatic carbocycles. The van der Waals surface area contributed by atoms with Gasteiger partial charge in [0.2, 0.25) is 0 Å². The summed E-state index contributed by atoms with van der Waals surface area (Å²) in [5.74, 6) is -1.50. The van der Waals surface area contributed by atoms with Gasteiger partial charge in [-0.15, -0.1) is 0 Å².